The third-order valence-electron chi connectivity index (χ3n) is 3.17. The lowest BCUT2D eigenvalue weighted by atomic mass is 10.0. The molecule has 21 heavy (non-hydrogen) atoms. The largest absolute Gasteiger partial charge is 0.508 e. The standard InChI is InChI=1S/C15H22O4.C2H6/c1-3-5-6-11(4-2)10-19-14-8-12(15(17)18)7-13(16)9-14;1-2/h7-9,11,16H,3-6,10H2,1-2H3,(H,17,18);1-2H3. The monoisotopic (exact) mass is 296 g/mol. The van der Waals surface area contributed by atoms with Gasteiger partial charge in [0, 0.05) is 6.07 Å². The first-order valence-corrected chi connectivity index (χ1v) is 7.77. The number of unbranched alkanes of at least 4 members (excludes halogenated alkanes) is 1. The van der Waals surface area contributed by atoms with Crippen LogP contribution in [0.1, 0.15) is 63.7 Å². The van der Waals surface area contributed by atoms with Gasteiger partial charge in [-0.05, 0) is 24.5 Å². The van der Waals surface area contributed by atoms with E-state index in [9.17, 15) is 9.90 Å². The summed E-state index contributed by atoms with van der Waals surface area (Å²) in [6.45, 7) is 8.83. The van der Waals surface area contributed by atoms with E-state index in [4.69, 9.17) is 9.84 Å². The molecule has 0 aliphatic carbocycles. The molecule has 0 spiro atoms. The molecule has 1 aromatic rings. The molecule has 0 aliphatic rings. The molecule has 2 N–H and O–H groups in total. The zero-order valence-corrected chi connectivity index (χ0v) is 13.6. The van der Waals surface area contributed by atoms with Gasteiger partial charge in [0.05, 0.1) is 12.2 Å². The highest BCUT2D eigenvalue weighted by Crippen LogP contribution is 2.23. The van der Waals surface area contributed by atoms with E-state index in [1.807, 2.05) is 13.8 Å². The van der Waals surface area contributed by atoms with Crippen molar-refractivity contribution in [3.8, 4) is 11.5 Å². The van der Waals surface area contributed by atoms with Gasteiger partial charge in [-0.2, -0.15) is 0 Å². The van der Waals surface area contributed by atoms with Crippen molar-refractivity contribution >= 4 is 5.97 Å². The zero-order chi connectivity index (χ0) is 16.3. The zero-order valence-electron chi connectivity index (χ0n) is 13.6. The van der Waals surface area contributed by atoms with Gasteiger partial charge in [-0.1, -0.05) is 47.0 Å². The second-order valence-electron chi connectivity index (χ2n) is 4.75. The Morgan fingerprint density at radius 3 is 2.43 bits per heavy atom. The van der Waals surface area contributed by atoms with Gasteiger partial charge in [0.25, 0.3) is 0 Å². The number of carboxylic acids is 1. The van der Waals surface area contributed by atoms with Gasteiger partial charge >= 0.3 is 5.97 Å². The highest BCUT2D eigenvalue weighted by molar-refractivity contribution is 5.88. The minimum Gasteiger partial charge on any atom is -0.508 e. The molecular weight excluding hydrogens is 268 g/mol. The summed E-state index contributed by atoms with van der Waals surface area (Å²) in [6, 6.07) is 4.09. The fourth-order valence-corrected chi connectivity index (χ4v) is 1.90. The lowest BCUT2D eigenvalue weighted by Crippen LogP contribution is -2.11. The van der Waals surface area contributed by atoms with Crippen molar-refractivity contribution in [1.82, 2.24) is 0 Å². The number of carbonyl (C=O) groups is 1. The van der Waals surface area contributed by atoms with Crippen molar-refractivity contribution in [2.45, 2.75) is 53.4 Å². The molecule has 1 atom stereocenters. The molecule has 0 aliphatic heterocycles. The fraction of sp³-hybridized carbons (Fsp3) is 0.588. The Balaban J connectivity index is 0.00000191. The van der Waals surface area contributed by atoms with Crippen LogP contribution in [0.3, 0.4) is 0 Å². The first kappa shape index (κ1) is 19.3. The third kappa shape index (κ3) is 7.59. The number of aromatic carboxylic acids is 1. The molecule has 0 saturated heterocycles. The Kier molecular flexibility index (Phi) is 10.1. The Hall–Kier alpha value is -1.71. The maximum absolute atomic E-state index is 10.9. The van der Waals surface area contributed by atoms with Crippen LogP contribution in [0.2, 0.25) is 0 Å². The van der Waals surface area contributed by atoms with E-state index in [-0.39, 0.29) is 11.3 Å². The number of ether oxygens (including phenoxy) is 1. The summed E-state index contributed by atoms with van der Waals surface area (Å²) >= 11 is 0. The molecular formula is C17H28O4. The summed E-state index contributed by atoms with van der Waals surface area (Å²) in [6.07, 6.45) is 4.47. The molecule has 1 rings (SSSR count). The number of phenols is 1. The number of benzene rings is 1. The van der Waals surface area contributed by atoms with Crippen molar-refractivity contribution < 1.29 is 19.7 Å². The van der Waals surface area contributed by atoms with Crippen LogP contribution in [0, 0.1) is 5.92 Å². The Bertz CT molecular complexity index is 415. The Morgan fingerprint density at radius 1 is 1.24 bits per heavy atom. The van der Waals surface area contributed by atoms with Crippen LogP contribution in [-0.4, -0.2) is 22.8 Å². The summed E-state index contributed by atoms with van der Waals surface area (Å²) in [4.78, 5) is 10.9. The number of rotatable bonds is 8. The second-order valence-corrected chi connectivity index (χ2v) is 4.75. The highest BCUT2D eigenvalue weighted by atomic mass is 16.5. The third-order valence-corrected chi connectivity index (χ3v) is 3.17. The van der Waals surface area contributed by atoms with E-state index >= 15 is 0 Å². The van der Waals surface area contributed by atoms with Gasteiger partial charge < -0.3 is 14.9 Å². The number of hydrogen-bond donors (Lipinski definition) is 2. The molecule has 0 fully saturated rings. The van der Waals surface area contributed by atoms with E-state index in [0.29, 0.717) is 18.3 Å². The summed E-state index contributed by atoms with van der Waals surface area (Å²) in [7, 11) is 0. The summed E-state index contributed by atoms with van der Waals surface area (Å²) in [5.74, 6) is -0.279. The maximum atomic E-state index is 10.9. The van der Waals surface area contributed by atoms with Gasteiger partial charge in [0.15, 0.2) is 0 Å². The van der Waals surface area contributed by atoms with Crippen molar-refractivity contribution in [3.63, 3.8) is 0 Å². The lowest BCUT2D eigenvalue weighted by molar-refractivity contribution is 0.0695. The minimum absolute atomic E-state index is 0.0385. The van der Waals surface area contributed by atoms with Gasteiger partial charge in [0.2, 0.25) is 0 Å². The predicted octanol–water partition coefficient (Wildman–Crippen LogP) is 4.71. The van der Waals surface area contributed by atoms with E-state index in [1.54, 1.807) is 0 Å². The van der Waals surface area contributed by atoms with Crippen molar-refractivity contribution in [3.05, 3.63) is 23.8 Å². The van der Waals surface area contributed by atoms with Gasteiger partial charge in [-0.15, -0.1) is 0 Å². The molecule has 4 nitrogen and oxygen atoms in total. The molecule has 0 amide bonds. The van der Waals surface area contributed by atoms with E-state index in [0.717, 1.165) is 19.3 Å². The first-order chi connectivity index (χ1) is 10.1. The molecule has 0 aromatic heterocycles. The summed E-state index contributed by atoms with van der Waals surface area (Å²) in [5, 5.41) is 18.4. The predicted molar refractivity (Wildman–Crippen MR) is 85.2 cm³/mol. The number of aromatic hydroxyl groups is 1. The van der Waals surface area contributed by atoms with Crippen LogP contribution in [0.4, 0.5) is 0 Å². The van der Waals surface area contributed by atoms with E-state index < -0.39 is 5.97 Å². The summed E-state index contributed by atoms with van der Waals surface area (Å²) in [5.41, 5.74) is 0.0385. The smallest absolute Gasteiger partial charge is 0.335 e. The van der Waals surface area contributed by atoms with Crippen LogP contribution in [0.15, 0.2) is 18.2 Å². The van der Waals surface area contributed by atoms with Gasteiger partial charge in [-0.3, -0.25) is 0 Å². The summed E-state index contributed by atoms with van der Waals surface area (Å²) < 4.78 is 5.60. The Morgan fingerprint density at radius 2 is 1.90 bits per heavy atom. The van der Waals surface area contributed by atoms with Gasteiger partial charge in [-0.25, -0.2) is 4.79 Å². The van der Waals surface area contributed by atoms with Crippen molar-refractivity contribution in [1.29, 1.82) is 0 Å². The molecule has 120 valence electrons. The number of phenolic OH excluding ortho intramolecular Hbond substituents is 1. The molecule has 0 heterocycles. The maximum Gasteiger partial charge on any atom is 0.335 e. The fourth-order valence-electron chi connectivity index (χ4n) is 1.90. The van der Waals surface area contributed by atoms with Crippen LogP contribution < -0.4 is 4.74 Å². The second kappa shape index (κ2) is 11.0. The quantitative estimate of drug-likeness (QED) is 0.729. The minimum atomic E-state index is -1.07. The molecule has 1 aromatic carbocycles. The van der Waals surface area contributed by atoms with Crippen LogP contribution in [0.5, 0.6) is 11.5 Å². The average molecular weight is 296 g/mol. The van der Waals surface area contributed by atoms with Crippen LogP contribution in [0.25, 0.3) is 0 Å². The van der Waals surface area contributed by atoms with Crippen molar-refractivity contribution in [2.24, 2.45) is 5.92 Å². The van der Waals surface area contributed by atoms with Crippen LogP contribution in [-0.2, 0) is 0 Å². The van der Waals surface area contributed by atoms with E-state index in [2.05, 4.69) is 13.8 Å². The normalized spacial score (nSPS) is 11.2. The average Bonchev–Trinajstić information content (AvgIpc) is 2.49. The molecule has 4 heteroatoms. The number of hydrogen-bond acceptors (Lipinski definition) is 3. The topological polar surface area (TPSA) is 66.8 Å². The van der Waals surface area contributed by atoms with Gasteiger partial charge in [0.1, 0.15) is 11.5 Å². The Labute approximate surface area is 127 Å². The van der Waals surface area contributed by atoms with Crippen molar-refractivity contribution in [2.75, 3.05) is 6.61 Å². The molecule has 0 saturated carbocycles. The SMILES string of the molecule is CC.CCCCC(CC)COc1cc(O)cc(C(=O)O)c1. The molecule has 0 bridgehead atoms. The molecule has 1 unspecified atom stereocenters. The first-order valence-electron chi connectivity index (χ1n) is 7.77. The number of carboxylic acid groups (broad SMARTS) is 1. The van der Waals surface area contributed by atoms with Crippen LogP contribution >= 0.6 is 0 Å². The van der Waals surface area contributed by atoms with E-state index in [1.165, 1.54) is 24.6 Å². The lowest BCUT2D eigenvalue weighted by Gasteiger charge is -2.16. The molecule has 0 radical (unpaired) electrons. The highest BCUT2D eigenvalue weighted by Gasteiger charge is 2.10.